The maximum atomic E-state index is 4.37. The minimum Gasteiger partial charge on any atom is -0.380 e. The average molecular weight is 269 g/mol. The van der Waals surface area contributed by atoms with E-state index in [1.54, 1.807) is 0 Å². The fraction of sp³-hybridized carbons (Fsp3) is 0.471. The number of rotatable bonds is 4. The standard InChI is InChI=1S/C17H23N3/c1-12(2)20-11-16(10-18-20)19-15-8-14(9-15)17-7-5-4-6-13(17)3/h4-7,10-12,14-15,19H,8-9H2,1-3H3. The van der Waals surface area contributed by atoms with Gasteiger partial charge in [-0.25, -0.2) is 0 Å². The zero-order chi connectivity index (χ0) is 14.1. The minimum atomic E-state index is 0.423. The average Bonchev–Trinajstić information content (AvgIpc) is 2.83. The number of anilines is 1. The van der Waals surface area contributed by atoms with Crippen molar-refractivity contribution in [2.24, 2.45) is 0 Å². The molecule has 3 heteroatoms. The van der Waals surface area contributed by atoms with E-state index in [9.17, 15) is 0 Å². The Morgan fingerprint density at radius 3 is 2.65 bits per heavy atom. The second-order valence-corrected chi connectivity index (χ2v) is 6.17. The highest BCUT2D eigenvalue weighted by Crippen LogP contribution is 2.39. The lowest BCUT2D eigenvalue weighted by atomic mass is 9.74. The van der Waals surface area contributed by atoms with Crippen molar-refractivity contribution < 1.29 is 0 Å². The smallest absolute Gasteiger partial charge is 0.0728 e. The van der Waals surface area contributed by atoms with Crippen LogP contribution in [-0.4, -0.2) is 15.8 Å². The van der Waals surface area contributed by atoms with Gasteiger partial charge in [-0.15, -0.1) is 0 Å². The summed E-state index contributed by atoms with van der Waals surface area (Å²) in [6.07, 6.45) is 6.47. The molecule has 1 aromatic carbocycles. The van der Waals surface area contributed by atoms with Crippen LogP contribution in [0.15, 0.2) is 36.7 Å². The molecular formula is C17H23N3. The number of hydrogen-bond acceptors (Lipinski definition) is 2. The van der Waals surface area contributed by atoms with Crippen LogP contribution in [0.25, 0.3) is 0 Å². The maximum Gasteiger partial charge on any atom is 0.0728 e. The molecule has 1 aliphatic carbocycles. The van der Waals surface area contributed by atoms with Gasteiger partial charge in [0.25, 0.3) is 0 Å². The molecule has 0 atom stereocenters. The quantitative estimate of drug-likeness (QED) is 0.904. The van der Waals surface area contributed by atoms with Crippen molar-refractivity contribution >= 4 is 5.69 Å². The first kappa shape index (κ1) is 13.2. The lowest BCUT2D eigenvalue weighted by molar-refractivity contribution is 0.373. The third kappa shape index (κ3) is 2.58. The van der Waals surface area contributed by atoms with E-state index in [1.807, 2.05) is 10.9 Å². The van der Waals surface area contributed by atoms with Crippen LogP contribution in [0.4, 0.5) is 5.69 Å². The maximum absolute atomic E-state index is 4.37. The summed E-state index contributed by atoms with van der Waals surface area (Å²) in [5.41, 5.74) is 4.08. The number of hydrogen-bond donors (Lipinski definition) is 1. The third-order valence-corrected chi connectivity index (χ3v) is 4.27. The van der Waals surface area contributed by atoms with E-state index >= 15 is 0 Å². The van der Waals surface area contributed by atoms with Crippen LogP contribution in [0.3, 0.4) is 0 Å². The van der Waals surface area contributed by atoms with Crippen LogP contribution in [0.1, 0.15) is 49.8 Å². The van der Waals surface area contributed by atoms with Gasteiger partial charge in [-0.3, -0.25) is 4.68 Å². The predicted octanol–water partition coefficient (Wildman–Crippen LogP) is 4.13. The second kappa shape index (κ2) is 5.31. The van der Waals surface area contributed by atoms with Gasteiger partial charge in [0.05, 0.1) is 11.9 Å². The Hall–Kier alpha value is -1.77. The molecule has 0 aliphatic heterocycles. The molecule has 1 heterocycles. The molecule has 1 saturated carbocycles. The van der Waals surface area contributed by atoms with Crippen molar-refractivity contribution in [3.63, 3.8) is 0 Å². The largest absolute Gasteiger partial charge is 0.380 e. The zero-order valence-electron chi connectivity index (χ0n) is 12.5. The molecule has 1 fully saturated rings. The summed E-state index contributed by atoms with van der Waals surface area (Å²) in [6.45, 7) is 6.51. The summed E-state index contributed by atoms with van der Waals surface area (Å²) in [7, 11) is 0. The SMILES string of the molecule is Cc1ccccc1C1CC(Nc2cnn(C(C)C)c2)C1. The van der Waals surface area contributed by atoms with Crippen molar-refractivity contribution in [2.75, 3.05) is 5.32 Å². The van der Waals surface area contributed by atoms with Gasteiger partial charge in [0, 0.05) is 18.3 Å². The second-order valence-electron chi connectivity index (χ2n) is 6.17. The summed E-state index contributed by atoms with van der Waals surface area (Å²) in [4.78, 5) is 0. The summed E-state index contributed by atoms with van der Waals surface area (Å²) >= 11 is 0. The van der Waals surface area contributed by atoms with Crippen LogP contribution in [-0.2, 0) is 0 Å². The molecule has 3 nitrogen and oxygen atoms in total. The van der Waals surface area contributed by atoms with Gasteiger partial charge >= 0.3 is 0 Å². The number of benzene rings is 1. The highest BCUT2D eigenvalue weighted by Gasteiger charge is 2.31. The van der Waals surface area contributed by atoms with Crippen molar-refractivity contribution in [3.05, 3.63) is 47.8 Å². The highest BCUT2D eigenvalue weighted by molar-refractivity contribution is 5.41. The highest BCUT2D eigenvalue weighted by atomic mass is 15.3. The monoisotopic (exact) mass is 269 g/mol. The molecule has 1 N–H and O–H groups in total. The Labute approximate surface area is 121 Å². The molecule has 0 amide bonds. The summed E-state index contributed by atoms with van der Waals surface area (Å²) in [6, 6.07) is 9.76. The Kier molecular flexibility index (Phi) is 3.51. The Bertz CT molecular complexity index is 579. The topological polar surface area (TPSA) is 29.9 Å². The molecule has 1 aromatic heterocycles. The fourth-order valence-corrected chi connectivity index (χ4v) is 2.97. The van der Waals surface area contributed by atoms with E-state index in [0.717, 1.165) is 5.69 Å². The lowest BCUT2D eigenvalue weighted by Crippen LogP contribution is -2.34. The molecule has 0 spiro atoms. The molecule has 3 rings (SSSR count). The molecule has 0 radical (unpaired) electrons. The van der Waals surface area contributed by atoms with E-state index in [2.05, 4.69) is 61.6 Å². The first-order chi connectivity index (χ1) is 9.63. The lowest BCUT2D eigenvalue weighted by Gasteiger charge is -2.37. The van der Waals surface area contributed by atoms with Crippen molar-refractivity contribution in [3.8, 4) is 0 Å². The van der Waals surface area contributed by atoms with Crippen molar-refractivity contribution in [2.45, 2.75) is 51.6 Å². The molecule has 20 heavy (non-hydrogen) atoms. The summed E-state index contributed by atoms with van der Waals surface area (Å²) in [5.74, 6) is 0.717. The molecule has 2 aromatic rings. The van der Waals surface area contributed by atoms with Crippen LogP contribution in [0, 0.1) is 6.92 Å². The third-order valence-electron chi connectivity index (χ3n) is 4.27. The number of aromatic nitrogens is 2. The van der Waals surface area contributed by atoms with E-state index < -0.39 is 0 Å². The van der Waals surface area contributed by atoms with Crippen molar-refractivity contribution in [1.29, 1.82) is 0 Å². The van der Waals surface area contributed by atoms with Crippen molar-refractivity contribution in [1.82, 2.24) is 9.78 Å². The van der Waals surface area contributed by atoms with Crippen LogP contribution < -0.4 is 5.32 Å². The molecular weight excluding hydrogens is 246 g/mol. The number of nitrogens with zero attached hydrogens (tertiary/aromatic N) is 2. The van der Waals surface area contributed by atoms with Crippen LogP contribution in [0.5, 0.6) is 0 Å². The number of nitrogens with one attached hydrogen (secondary N) is 1. The number of aryl methyl sites for hydroxylation is 1. The van der Waals surface area contributed by atoms with Crippen LogP contribution in [0.2, 0.25) is 0 Å². The van der Waals surface area contributed by atoms with E-state index in [0.29, 0.717) is 18.0 Å². The van der Waals surface area contributed by atoms with Gasteiger partial charge in [0.2, 0.25) is 0 Å². The van der Waals surface area contributed by atoms with Gasteiger partial charge in [-0.05, 0) is 50.7 Å². The van der Waals surface area contributed by atoms with E-state index in [4.69, 9.17) is 0 Å². The van der Waals surface area contributed by atoms with Gasteiger partial charge < -0.3 is 5.32 Å². The van der Waals surface area contributed by atoms with Gasteiger partial charge in [-0.1, -0.05) is 24.3 Å². The van der Waals surface area contributed by atoms with Gasteiger partial charge in [0.1, 0.15) is 0 Å². The molecule has 106 valence electrons. The Morgan fingerprint density at radius 2 is 2.00 bits per heavy atom. The van der Waals surface area contributed by atoms with Crippen LogP contribution >= 0.6 is 0 Å². The first-order valence-corrected chi connectivity index (χ1v) is 7.49. The molecule has 0 bridgehead atoms. The zero-order valence-corrected chi connectivity index (χ0v) is 12.5. The Morgan fingerprint density at radius 1 is 1.25 bits per heavy atom. The van der Waals surface area contributed by atoms with Gasteiger partial charge in [0.15, 0.2) is 0 Å². The predicted molar refractivity (Wildman–Crippen MR) is 83.2 cm³/mol. The molecule has 0 saturated heterocycles. The van der Waals surface area contributed by atoms with Gasteiger partial charge in [-0.2, -0.15) is 5.10 Å². The first-order valence-electron chi connectivity index (χ1n) is 7.49. The summed E-state index contributed by atoms with van der Waals surface area (Å²) < 4.78 is 2.00. The summed E-state index contributed by atoms with van der Waals surface area (Å²) in [5, 5.41) is 7.96. The fourth-order valence-electron chi connectivity index (χ4n) is 2.97. The van der Waals surface area contributed by atoms with E-state index in [1.165, 1.54) is 24.0 Å². The molecule has 1 aliphatic rings. The van der Waals surface area contributed by atoms with E-state index in [-0.39, 0.29) is 0 Å². The Balaban J connectivity index is 1.57. The minimum absolute atomic E-state index is 0.423. The molecule has 0 unspecified atom stereocenters. The normalized spacial score (nSPS) is 21.8.